The molecule has 0 aliphatic rings. The molecule has 4 aromatic rings. The number of amides is 1. The van der Waals surface area contributed by atoms with Crippen LogP contribution in [-0.4, -0.2) is 25.8 Å². The lowest BCUT2D eigenvalue weighted by Gasteiger charge is -2.06. The topological polar surface area (TPSA) is 95.1 Å². The van der Waals surface area contributed by atoms with Gasteiger partial charge in [0.15, 0.2) is 5.69 Å². The summed E-state index contributed by atoms with van der Waals surface area (Å²) in [6, 6.07) is 12.2. The molecule has 0 atom stereocenters. The van der Waals surface area contributed by atoms with Gasteiger partial charge in [-0.05, 0) is 48.9 Å². The molecule has 1 N–H and O–H groups in total. The zero-order chi connectivity index (χ0) is 22.7. The third-order valence-corrected chi connectivity index (χ3v) is 5.48. The predicted octanol–water partition coefficient (Wildman–Crippen LogP) is 5.41. The van der Waals surface area contributed by atoms with Gasteiger partial charge in [0.1, 0.15) is 24.4 Å². The molecule has 0 saturated carbocycles. The summed E-state index contributed by atoms with van der Waals surface area (Å²) in [5.74, 6) is 0.690. The Morgan fingerprint density at radius 1 is 1.12 bits per heavy atom. The van der Waals surface area contributed by atoms with E-state index in [4.69, 9.17) is 44.1 Å². The van der Waals surface area contributed by atoms with E-state index in [1.54, 1.807) is 48.0 Å². The number of aryl methyl sites for hydroxylation is 1. The first-order valence-corrected chi connectivity index (χ1v) is 10.5. The molecule has 2 aromatic heterocycles. The van der Waals surface area contributed by atoms with Crippen LogP contribution < -0.4 is 10.1 Å². The third kappa shape index (κ3) is 5.21. The molecular formula is C21H16Cl3N5O3. The van der Waals surface area contributed by atoms with E-state index in [2.05, 4.69) is 20.6 Å². The highest BCUT2D eigenvalue weighted by Gasteiger charge is 2.21. The first kappa shape index (κ1) is 22.1. The maximum absolute atomic E-state index is 12.7. The molecule has 2 aromatic carbocycles. The summed E-state index contributed by atoms with van der Waals surface area (Å²) in [7, 11) is 0. The SMILES string of the molecule is Cc1onc(C(=O)Nc2ncn(Cc3ccc(Cl)c(Cl)c3)n2)c1COc1ccc(Cl)cc1. The highest BCUT2D eigenvalue weighted by Crippen LogP contribution is 2.23. The number of benzene rings is 2. The number of ether oxygens (including phenoxy) is 1. The van der Waals surface area contributed by atoms with Gasteiger partial charge < -0.3 is 9.26 Å². The lowest BCUT2D eigenvalue weighted by Crippen LogP contribution is -2.16. The molecule has 0 radical (unpaired) electrons. The lowest BCUT2D eigenvalue weighted by atomic mass is 10.2. The number of hydrogen-bond donors (Lipinski definition) is 1. The van der Waals surface area contributed by atoms with Crippen LogP contribution in [0.4, 0.5) is 5.95 Å². The molecule has 8 nitrogen and oxygen atoms in total. The molecule has 0 aliphatic heterocycles. The van der Waals surface area contributed by atoms with Crippen molar-refractivity contribution >= 4 is 46.7 Å². The Hall–Kier alpha value is -3.07. The van der Waals surface area contributed by atoms with Crippen LogP contribution >= 0.6 is 34.8 Å². The maximum Gasteiger partial charge on any atom is 0.280 e. The van der Waals surface area contributed by atoms with Gasteiger partial charge in [-0.25, -0.2) is 9.67 Å². The van der Waals surface area contributed by atoms with E-state index in [-0.39, 0.29) is 18.2 Å². The normalized spacial score (nSPS) is 10.9. The Bertz CT molecular complexity index is 1250. The fourth-order valence-electron chi connectivity index (χ4n) is 2.84. The molecule has 0 aliphatic carbocycles. The van der Waals surface area contributed by atoms with Crippen molar-refractivity contribution in [3.63, 3.8) is 0 Å². The van der Waals surface area contributed by atoms with Crippen molar-refractivity contribution < 1.29 is 14.1 Å². The van der Waals surface area contributed by atoms with Gasteiger partial charge in [0.25, 0.3) is 5.91 Å². The Kier molecular flexibility index (Phi) is 6.64. The van der Waals surface area contributed by atoms with Crippen LogP contribution in [0.25, 0.3) is 0 Å². The number of aromatic nitrogens is 4. The summed E-state index contributed by atoms with van der Waals surface area (Å²) in [4.78, 5) is 16.8. The third-order valence-electron chi connectivity index (χ3n) is 4.49. The molecule has 11 heteroatoms. The quantitative estimate of drug-likeness (QED) is 0.370. The van der Waals surface area contributed by atoms with E-state index >= 15 is 0 Å². The van der Waals surface area contributed by atoms with Crippen molar-refractivity contribution in [2.75, 3.05) is 5.32 Å². The van der Waals surface area contributed by atoms with Gasteiger partial charge in [0.05, 0.1) is 22.2 Å². The largest absolute Gasteiger partial charge is 0.489 e. The number of halogens is 3. The molecule has 0 unspecified atom stereocenters. The number of rotatable bonds is 7. The van der Waals surface area contributed by atoms with Crippen molar-refractivity contribution in [2.24, 2.45) is 0 Å². The highest BCUT2D eigenvalue weighted by atomic mass is 35.5. The number of nitrogens with one attached hydrogen (secondary N) is 1. The first-order chi connectivity index (χ1) is 15.4. The van der Waals surface area contributed by atoms with E-state index < -0.39 is 5.91 Å². The fourth-order valence-corrected chi connectivity index (χ4v) is 3.29. The molecule has 0 spiro atoms. The number of nitrogens with zero attached hydrogens (tertiary/aromatic N) is 4. The van der Waals surface area contributed by atoms with Gasteiger partial charge >= 0.3 is 0 Å². The molecule has 164 valence electrons. The standard InChI is InChI=1S/C21H16Cl3N5O3/c1-12-16(10-31-15-5-3-14(22)4-6-15)19(28-32-12)20(30)26-21-25-11-29(27-21)9-13-2-7-17(23)18(24)8-13/h2-8,11H,9-10H2,1H3,(H,26,27,30). The van der Waals surface area contributed by atoms with E-state index in [0.717, 1.165) is 5.56 Å². The Labute approximate surface area is 198 Å². The van der Waals surface area contributed by atoms with Crippen molar-refractivity contribution in [3.05, 3.63) is 86.4 Å². The van der Waals surface area contributed by atoms with E-state index in [0.29, 0.717) is 38.7 Å². The van der Waals surface area contributed by atoms with Crippen LogP contribution in [0, 0.1) is 6.92 Å². The average Bonchev–Trinajstić information content (AvgIpc) is 3.36. The van der Waals surface area contributed by atoms with Gasteiger partial charge in [0, 0.05) is 5.02 Å². The summed E-state index contributed by atoms with van der Waals surface area (Å²) >= 11 is 17.9. The van der Waals surface area contributed by atoms with Crippen LogP contribution in [0.1, 0.15) is 27.4 Å². The molecule has 0 saturated heterocycles. The molecule has 1 amide bonds. The van der Waals surface area contributed by atoms with Gasteiger partial charge in [-0.2, -0.15) is 0 Å². The second-order valence-electron chi connectivity index (χ2n) is 6.78. The van der Waals surface area contributed by atoms with Crippen LogP contribution in [0.5, 0.6) is 5.75 Å². The van der Waals surface area contributed by atoms with Gasteiger partial charge in [-0.1, -0.05) is 46.0 Å². The number of carbonyl (C=O) groups excluding carboxylic acids is 1. The summed E-state index contributed by atoms with van der Waals surface area (Å²) < 4.78 is 12.5. The average molecular weight is 493 g/mol. The number of carbonyl (C=O) groups is 1. The Balaban J connectivity index is 1.42. The summed E-state index contributed by atoms with van der Waals surface area (Å²) in [5, 5.41) is 12.3. The lowest BCUT2D eigenvalue weighted by molar-refractivity contribution is 0.101. The first-order valence-electron chi connectivity index (χ1n) is 9.37. The zero-order valence-corrected chi connectivity index (χ0v) is 18.9. The Morgan fingerprint density at radius 2 is 1.91 bits per heavy atom. The van der Waals surface area contributed by atoms with E-state index in [9.17, 15) is 4.79 Å². The Morgan fingerprint density at radius 3 is 2.66 bits per heavy atom. The van der Waals surface area contributed by atoms with Crippen molar-refractivity contribution in [1.82, 2.24) is 19.9 Å². The van der Waals surface area contributed by atoms with Crippen LogP contribution in [0.2, 0.25) is 15.1 Å². The molecule has 2 heterocycles. The molecule has 32 heavy (non-hydrogen) atoms. The van der Waals surface area contributed by atoms with Crippen molar-refractivity contribution in [1.29, 1.82) is 0 Å². The van der Waals surface area contributed by atoms with Gasteiger partial charge in [0.2, 0.25) is 5.95 Å². The number of anilines is 1. The van der Waals surface area contributed by atoms with E-state index in [1.165, 1.54) is 6.33 Å². The number of hydrogen-bond acceptors (Lipinski definition) is 6. The fraction of sp³-hybridized carbons (Fsp3) is 0.143. The summed E-state index contributed by atoms with van der Waals surface area (Å²) in [6.45, 7) is 2.20. The minimum atomic E-state index is -0.510. The molecular weight excluding hydrogens is 477 g/mol. The summed E-state index contributed by atoms with van der Waals surface area (Å²) in [5.41, 5.74) is 1.50. The van der Waals surface area contributed by atoms with Crippen LogP contribution in [-0.2, 0) is 13.2 Å². The van der Waals surface area contributed by atoms with Gasteiger partial charge in [-0.15, -0.1) is 5.10 Å². The predicted molar refractivity (Wildman–Crippen MR) is 121 cm³/mol. The maximum atomic E-state index is 12.7. The van der Waals surface area contributed by atoms with Crippen LogP contribution in [0.3, 0.4) is 0 Å². The highest BCUT2D eigenvalue weighted by molar-refractivity contribution is 6.42. The van der Waals surface area contributed by atoms with E-state index in [1.807, 2.05) is 6.07 Å². The smallest absolute Gasteiger partial charge is 0.280 e. The van der Waals surface area contributed by atoms with Crippen LogP contribution in [0.15, 0.2) is 53.3 Å². The van der Waals surface area contributed by atoms with Crippen molar-refractivity contribution in [2.45, 2.75) is 20.1 Å². The molecule has 4 rings (SSSR count). The van der Waals surface area contributed by atoms with Gasteiger partial charge in [-0.3, -0.25) is 10.1 Å². The second kappa shape index (κ2) is 9.60. The second-order valence-corrected chi connectivity index (χ2v) is 8.03. The molecule has 0 fully saturated rings. The molecule has 0 bridgehead atoms. The monoisotopic (exact) mass is 491 g/mol. The van der Waals surface area contributed by atoms with Crippen molar-refractivity contribution in [3.8, 4) is 5.75 Å². The minimum absolute atomic E-state index is 0.0947. The zero-order valence-electron chi connectivity index (χ0n) is 16.7. The minimum Gasteiger partial charge on any atom is -0.489 e. The summed E-state index contributed by atoms with van der Waals surface area (Å²) in [6.07, 6.45) is 1.50.